The number of imidazole rings is 1. The molecule has 3 rings (SSSR count). The molecule has 5 heteroatoms. The van der Waals surface area contributed by atoms with Gasteiger partial charge in [0.15, 0.2) is 0 Å². The molecule has 0 radical (unpaired) electrons. The Hall–Kier alpha value is -1.91. The molecule has 76 valence electrons. The fourth-order valence-corrected chi connectivity index (χ4v) is 1.82. The molecule has 0 spiro atoms. The molecule has 2 aromatic rings. The molecule has 0 amide bonds. The lowest BCUT2D eigenvalue weighted by Crippen LogP contribution is -1.99. The number of carboxylic acids is 1. The van der Waals surface area contributed by atoms with Crippen molar-refractivity contribution in [3.05, 3.63) is 24.3 Å². The third kappa shape index (κ3) is 1.27. The first kappa shape index (κ1) is 8.40. The first-order chi connectivity index (χ1) is 7.25. The molecule has 1 aliphatic carbocycles. The minimum absolute atomic E-state index is 0.0508. The van der Waals surface area contributed by atoms with Gasteiger partial charge in [-0.15, -0.1) is 0 Å². The minimum Gasteiger partial charge on any atom is -0.481 e. The van der Waals surface area contributed by atoms with Crippen molar-refractivity contribution in [2.24, 2.45) is 5.92 Å². The summed E-state index contributed by atoms with van der Waals surface area (Å²) in [6, 6.07) is 1.84. The molecule has 2 N–H and O–H groups in total. The van der Waals surface area contributed by atoms with Crippen molar-refractivity contribution < 1.29 is 9.90 Å². The first-order valence-electron chi connectivity index (χ1n) is 4.78. The Kier molecular flexibility index (Phi) is 1.56. The highest BCUT2D eigenvalue weighted by molar-refractivity contribution is 5.77. The predicted octanol–water partition coefficient (Wildman–Crippen LogP) is 1.15. The van der Waals surface area contributed by atoms with E-state index in [1.807, 2.05) is 6.07 Å². The van der Waals surface area contributed by atoms with Gasteiger partial charge < -0.3 is 10.1 Å². The van der Waals surface area contributed by atoms with Crippen molar-refractivity contribution in [3.63, 3.8) is 0 Å². The molecule has 0 bridgehead atoms. The standard InChI is InChI=1S/C10H9N3O2/c14-10(15)6-3-5(6)9-12-7-1-2-11-4-8(7)13-9/h1-2,4-6H,3H2,(H,12,13)(H,14,15)/t5-,6-/m1/s1. The molecule has 1 aliphatic rings. The molecular formula is C10H9N3O2. The van der Waals surface area contributed by atoms with E-state index in [-0.39, 0.29) is 11.8 Å². The topological polar surface area (TPSA) is 78.9 Å². The van der Waals surface area contributed by atoms with E-state index in [1.54, 1.807) is 12.4 Å². The molecule has 0 saturated heterocycles. The van der Waals surface area contributed by atoms with Crippen LogP contribution in [-0.2, 0) is 4.79 Å². The van der Waals surface area contributed by atoms with E-state index in [4.69, 9.17) is 5.11 Å². The number of hydrogen-bond acceptors (Lipinski definition) is 3. The van der Waals surface area contributed by atoms with Crippen molar-refractivity contribution in [1.29, 1.82) is 0 Å². The molecule has 1 saturated carbocycles. The molecule has 5 nitrogen and oxygen atoms in total. The molecular weight excluding hydrogens is 194 g/mol. The Morgan fingerprint density at radius 2 is 2.47 bits per heavy atom. The number of hydrogen-bond donors (Lipinski definition) is 2. The first-order valence-corrected chi connectivity index (χ1v) is 4.78. The van der Waals surface area contributed by atoms with E-state index in [0.29, 0.717) is 6.42 Å². The van der Waals surface area contributed by atoms with Gasteiger partial charge in [0.2, 0.25) is 0 Å². The second-order valence-electron chi connectivity index (χ2n) is 3.80. The Morgan fingerprint density at radius 3 is 3.13 bits per heavy atom. The summed E-state index contributed by atoms with van der Waals surface area (Å²) < 4.78 is 0. The van der Waals surface area contributed by atoms with Crippen LogP contribution in [-0.4, -0.2) is 26.0 Å². The van der Waals surface area contributed by atoms with Crippen molar-refractivity contribution in [2.75, 3.05) is 0 Å². The number of carboxylic acid groups (broad SMARTS) is 1. The summed E-state index contributed by atoms with van der Waals surface area (Å²) in [5.41, 5.74) is 1.71. The Balaban J connectivity index is 1.97. The van der Waals surface area contributed by atoms with E-state index in [9.17, 15) is 4.79 Å². The minimum atomic E-state index is -0.737. The number of nitrogens with one attached hydrogen (secondary N) is 1. The average molecular weight is 203 g/mol. The van der Waals surface area contributed by atoms with Gasteiger partial charge in [0.25, 0.3) is 0 Å². The van der Waals surface area contributed by atoms with Crippen molar-refractivity contribution in [2.45, 2.75) is 12.3 Å². The van der Waals surface area contributed by atoms with E-state index in [0.717, 1.165) is 16.9 Å². The Morgan fingerprint density at radius 1 is 1.60 bits per heavy atom. The molecule has 2 heterocycles. The number of pyridine rings is 1. The van der Waals surface area contributed by atoms with E-state index < -0.39 is 5.97 Å². The Bertz CT molecular complexity index is 501. The zero-order valence-corrected chi connectivity index (χ0v) is 7.84. The number of aliphatic carboxylic acids is 1. The van der Waals surface area contributed by atoms with Gasteiger partial charge in [0.1, 0.15) is 11.3 Å². The van der Waals surface area contributed by atoms with Gasteiger partial charge >= 0.3 is 5.97 Å². The largest absolute Gasteiger partial charge is 0.481 e. The van der Waals surface area contributed by atoms with Gasteiger partial charge in [0, 0.05) is 12.1 Å². The van der Waals surface area contributed by atoms with Crippen molar-refractivity contribution in [3.8, 4) is 0 Å². The molecule has 0 aliphatic heterocycles. The number of nitrogens with zero attached hydrogens (tertiary/aromatic N) is 2. The summed E-state index contributed by atoms with van der Waals surface area (Å²) in [6.07, 6.45) is 4.04. The lowest BCUT2D eigenvalue weighted by molar-refractivity contribution is -0.138. The maximum atomic E-state index is 10.7. The van der Waals surface area contributed by atoms with Crippen LogP contribution in [0.3, 0.4) is 0 Å². The molecule has 15 heavy (non-hydrogen) atoms. The monoisotopic (exact) mass is 203 g/mol. The van der Waals surface area contributed by atoms with Crippen LogP contribution in [0.25, 0.3) is 11.0 Å². The number of H-pyrrole nitrogens is 1. The predicted molar refractivity (Wildman–Crippen MR) is 52.4 cm³/mol. The van der Waals surface area contributed by atoms with Gasteiger partial charge in [0.05, 0.1) is 17.6 Å². The highest BCUT2D eigenvalue weighted by Gasteiger charge is 2.46. The SMILES string of the molecule is O=C(O)[C@@H]1C[C@H]1c1nc2cnccc2[nH]1. The highest BCUT2D eigenvalue weighted by atomic mass is 16.4. The number of fused-ring (bicyclic) bond motifs is 1. The number of aromatic nitrogens is 3. The fraction of sp³-hybridized carbons (Fsp3) is 0.300. The van der Waals surface area contributed by atoms with Crippen LogP contribution in [0.1, 0.15) is 18.2 Å². The van der Waals surface area contributed by atoms with Crippen LogP contribution in [0, 0.1) is 5.92 Å². The molecule has 2 atom stereocenters. The molecule has 0 aromatic carbocycles. The summed E-state index contributed by atoms with van der Waals surface area (Å²) in [4.78, 5) is 22.1. The van der Waals surface area contributed by atoms with E-state index in [1.165, 1.54) is 0 Å². The van der Waals surface area contributed by atoms with Crippen LogP contribution in [0.5, 0.6) is 0 Å². The number of carbonyl (C=O) groups is 1. The summed E-state index contributed by atoms with van der Waals surface area (Å²) in [7, 11) is 0. The molecule has 2 aromatic heterocycles. The van der Waals surface area contributed by atoms with E-state index >= 15 is 0 Å². The lowest BCUT2D eigenvalue weighted by atomic mass is 10.3. The van der Waals surface area contributed by atoms with Gasteiger partial charge in [-0.3, -0.25) is 9.78 Å². The summed E-state index contributed by atoms with van der Waals surface area (Å²) in [5.74, 6) is -0.183. The van der Waals surface area contributed by atoms with Crippen LogP contribution in [0.4, 0.5) is 0 Å². The van der Waals surface area contributed by atoms with Crippen molar-refractivity contribution >= 4 is 17.0 Å². The van der Waals surface area contributed by atoms with Crippen LogP contribution in [0.2, 0.25) is 0 Å². The second-order valence-corrected chi connectivity index (χ2v) is 3.80. The fourth-order valence-electron chi connectivity index (χ4n) is 1.82. The molecule has 0 unspecified atom stereocenters. The zero-order chi connectivity index (χ0) is 10.4. The summed E-state index contributed by atoms with van der Waals surface area (Å²) in [5, 5.41) is 8.81. The van der Waals surface area contributed by atoms with Crippen molar-refractivity contribution in [1.82, 2.24) is 15.0 Å². The second kappa shape index (κ2) is 2.79. The molecule has 1 fully saturated rings. The van der Waals surface area contributed by atoms with Crippen LogP contribution >= 0.6 is 0 Å². The van der Waals surface area contributed by atoms with Gasteiger partial charge in [-0.1, -0.05) is 0 Å². The van der Waals surface area contributed by atoms with Gasteiger partial charge in [-0.05, 0) is 12.5 Å². The zero-order valence-electron chi connectivity index (χ0n) is 7.84. The average Bonchev–Trinajstić information content (AvgIpc) is 2.91. The maximum absolute atomic E-state index is 10.7. The van der Waals surface area contributed by atoms with E-state index in [2.05, 4.69) is 15.0 Å². The van der Waals surface area contributed by atoms with Crippen LogP contribution < -0.4 is 0 Å². The summed E-state index contributed by atoms with van der Waals surface area (Å²) in [6.45, 7) is 0. The smallest absolute Gasteiger partial charge is 0.307 e. The Labute approximate surface area is 85.2 Å². The maximum Gasteiger partial charge on any atom is 0.307 e. The third-order valence-electron chi connectivity index (χ3n) is 2.76. The summed E-state index contributed by atoms with van der Waals surface area (Å²) >= 11 is 0. The number of rotatable bonds is 2. The highest BCUT2D eigenvalue weighted by Crippen LogP contribution is 2.46. The van der Waals surface area contributed by atoms with Crippen LogP contribution in [0.15, 0.2) is 18.5 Å². The van der Waals surface area contributed by atoms with Gasteiger partial charge in [-0.2, -0.15) is 0 Å². The normalized spacial score (nSPS) is 24.3. The lowest BCUT2D eigenvalue weighted by Gasteiger charge is -1.89. The number of aromatic amines is 1. The third-order valence-corrected chi connectivity index (χ3v) is 2.76. The quantitative estimate of drug-likeness (QED) is 0.767. The van der Waals surface area contributed by atoms with Gasteiger partial charge in [-0.25, -0.2) is 4.98 Å².